The molecule has 5 rings (SSSR count). The molecule has 3 aromatic carbocycles. The maximum absolute atomic E-state index is 12.2. The second-order valence-corrected chi connectivity index (χ2v) is 17.2. The van der Waals surface area contributed by atoms with E-state index in [-0.39, 0.29) is 16.3 Å². The van der Waals surface area contributed by atoms with Crippen molar-refractivity contribution < 1.29 is 62.0 Å². The number of benzene rings is 3. The zero-order valence-corrected chi connectivity index (χ0v) is 29.0. The molecule has 1 aliphatic carbocycles. The number of thioether (sulfide) groups is 1. The molecule has 276 valence electrons. The van der Waals surface area contributed by atoms with E-state index >= 15 is 0 Å². The molecule has 0 radical (unpaired) electrons. The molecule has 0 bridgehead atoms. The minimum atomic E-state index is -7.43. The van der Waals surface area contributed by atoms with Crippen LogP contribution in [0.25, 0.3) is 0 Å². The fourth-order valence-corrected chi connectivity index (χ4v) is 9.00. The standard InChI is InChI=1S/C29H33O2S2.C4HF9O3S/c1-28(2)21-30-29(31-22-28)20-10-9-15-27(29)32-23-16-18-26(19-17-23)33(24-11-5-3-6-12-24)25-13-7-4-8-14-25;5-1(6,3(9,10)11)2(7,8)4(12,13)17(14,15)16/h3-8,11-14,16-19,27H,9-10,15,20-22H2,1-2H3;(H,14,15,16)/q+1;/p-1. The predicted molar refractivity (Wildman–Crippen MR) is 169 cm³/mol. The first kappa shape index (κ1) is 40.3. The Morgan fingerprint density at radius 3 is 1.62 bits per heavy atom. The third-order valence-electron chi connectivity index (χ3n) is 7.87. The molecule has 2 fully saturated rings. The van der Waals surface area contributed by atoms with Gasteiger partial charge in [0, 0.05) is 16.7 Å². The number of rotatable bonds is 8. The first-order valence-electron chi connectivity index (χ1n) is 15.1. The van der Waals surface area contributed by atoms with E-state index in [1.165, 1.54) is 32.4 Å². The van der Waals surface area contributed by atoms with Crippen molar-refractivity contribution in [3.63, 3.8) is 0 Å². The first-order chi connectivity index (χ1) is 23.0. The molecule has 1 saturated heterocycles. The zero-order valence-electron chi connectivity index (χ0n) is 26.6. The van der Waals surface area contributed by atoms with Crippen LogP contribution in [-0.2, 0) is 30.5 Å². The Hall–Kier alpha value is -2.44. The van der Waals surface area contributed by atoms with Gasteiger partial charge >= 0.3 is 23.3 Å². The van der Waals surface area contributed by atoms with Gasteiger partial charge in [-0.3, -0.25) is 0 Å². The van der Waals surface area contributed by atoms with Gasteiger partial charge in [0.05, 0.1) is 29.4 Å². The van der Waals surface area contributed by atoms with Crippen LogP contribution in [0.5, 0.6) is 0 Å². The topological polar surface area (TPSA) is 75.7 Å². The number of hydrogen-bond donors (Lipinski definition) is 0. The SMILES string of the molecule is CC1(C)COC2(CCCCC2Sc2ccc([S+](c3ccccc3)c3ccccc3)cc2)OC1.O=S(=O)([O-])C(F)(F)C(F)(F)C(F)(F)C(F)(F)F. The lowest BCUT2D eigenvalue weighted by molar-refractivity contribution is -0.382. The van der Waals surface area contributed by atoms with Crippen LogP contribution >= 0.6 is 11.8 Å². The van der Waals surface area contributed by atoms with Crippen LogP contribution in [0.15, 0.2) is 105 Å². The van der Waals surface area contributed by atoms with Gasteiger partial charge in [-0.2, -0.15) is 39.5 Å². The maximum atomic E-state index is 12.2. The van der Waals surface area contributed by atoms with E-state index in [1.54, 1.807) is 0 Å². The van der Waals surface area contributed by atoms with Crippen LogP contribution in [0, 0.1) is 5.41 Å². The number of hydrogen-bond acceptors (Lipinski definition) is 6. The molecule has 0 N–H and O–H groups in total. The molecule has 1 aliphatic heterocycles. The largest absolute Gasteiger partial charge is 0.743 e. The average molecular weight is 777 g/mol. The Labute approximate surface area is 291 Å². The minimum absolute atomic E-state index is 0.102. The van der Waals surface area contributed by atoms with E-state index in [4.69, 9.17) is 9.47 Å². The Morgan fingerprint density at radius 1 is 0.720 bits per heavy atom. The summed E-state index contributed by atoms with van der Waals surface area (Å²) >= 11 is 1.94. The summed E-state index contributed by atoms with van der Waals surface area (Å²) in [5.74, 6) is -15.2. The second-order valence-electron chi connectivity index (χ2n) is 12.4. The highest BCUT2D eigenvalue weighted by molar-refractivity contribution is 8.00. The van der Waals surface area contributed by atoms with Crippen molar-refractivity contribution in [2.75, 3.05) is 13.2 Å². The molecule has 0 amide bonds. The molecule has 0 aromatic heterocycles. The molecule has 1 heterocycles. The lowest BCUT2D eigenvalue weighted by Gasteiger charge is -2.49. The van der Waals surface area contributed by atoms with Crippen LogP contribution in [-0.4, -0.2) is 60.5 Å². The predicted octanol–water partition coefficient (Wildman–Crippen LogP) is 9.54. The molecular formula is C33H33F9O5S3. The summed E-state index contributed by atoms with van der Waals surface area (Å²) in [4.78, 5) is 5.35. The maximum Gasteiger partial charge on any atom is 0.460 e. The fraction of sp³-hybridized carbons (Fsp3) is 0.455. The zero-order chi connectivity index (χ0) is 37.2. The first-order valence-corrected chi connectivity index (χ1v) is 18.6. The highest BCUT2D eigenvalue weighted by Gasteiger charge is 2.83. The second kappa shape index (κ2) is 14.9. The van der Waals surface area contributed by atoms with Gasteiger partial charge in [0.2, 0.25) is 0 Å². The molecule has 5 nitrogen and oxygen atoms in total. The van der Waals surface area contributed by atoms with E-state index in [0.29, 0.717) is 5.25 Å². The van der Waals surface area contributed by atoms with Crippen molar-refractivity contribution >= 4 is 32.8 Å². The van der Waals surface area contributed by atoms with Gasteiger partial charge in [-0.25, -0.2) is 8.42 Å². The van der Waals surface area contributed by atoms with Crippen LogP contribution in [0.3, 0.4) is 0 Å². The van der Waals surface area contributed by atoms with Crippen molar-refractivity contribution in [1.82, 2.24) is 0 Å². The van der Waals surface area contributed by atoms with Gasteiger partial charge in [-0.05, 0) is 61.4 Å². The summed E-state index contributed by atoms with van der Waals surface area (Å²) in [6.07, 6.45) is -2.58. The minimum Gasteiger partial charge on any atom is -0.743 e. The molecule has 1 saturated carbocycles. The Kier molecular flexibility index (Phi) is 12.0. The monoisotopic (exact) mass is 776 g/mol. The Morgan fingerprint density at radius 2 is 1.18 bits per heavy atom. The third kappa shape index (κ3) is 8.44. The quantitative estimate of drug-likeness (QED) is 0.129. The van der Waals surface area contributed by atoms with Gasteiger partial charge in [0.25, 0.3) is 0 Å². The summed E-state index contributed by atoms with van der Waals surface area (Å²) in [6.45, 7) is 6.00. The van der Waals surface area contributed by atoms with Crippen LogP contribution < -0.4 is 0 Å². The summed E-state index contributed by atoms with van der Waals surface area (Å²) in [5.41, 5.74) is 0.102. The van der Waals surface area contributed by atoms with Crippen LogP contribution in [0.4, 0.5) is 39.5 Å². The third-order valence-corrected chi connectivity index (χ3v) is 12.4. The van der Waals surface area contributed by atoms with E-state index in [9.17, 15) is 52.5 Å². The molecular weight excluding hydrogens is 744 g/mol. The Bertz CT molecular complexity index is 1620. The average Bonchev–Trinajstić information content (AvgIpc) is 3.05. The number of halogens is 9. The van der Waals surface area contributed by atoms with Gasteiger partial charge in [-0.15, -0.1) is 11.8 Å². The molecule has 1 spiro atoms. The molecule has 1 atom stereocenters. The lowest BCUT2D eigenvalue weighted by Crippen LogP contribution is -2.63. The van der Waals surface area contributed by atoms with E-state index in [0.717, 1.165) is 26.1 Å². The fourth-order valence-electron chi connectivity index (χ4n) is 5.14. The van der Waals surface area contributed by atoms with Crippen molar-refractivity contribution in [2.24, 2.45) is 5.41 Å². The van der Waals surface area contributed by atoms with Crippen molar-refractivity contribution in [3.8, 4) is 0 Å². The molecule has 17 heteroatoms. The number of alkyl halides is 9. The van der Waals surface area contributed by atoms with Gasteiger partial charge < -0.3 is 14.0 Å². The summed E-state index contributed by atoms with van der Waals surface area (Å²) in [5, 5.41) is -6.77. The lowest BCUT2D eigenvalue weighted by atomic mass is 9.89. The van der Waals surface area contributed by atoms with Gasteiger partial charge in [0.1, 0.15) is 0 Å². The Balaban J connectivity index is 0.000000282. The summed E-state index contributed by atoms with van der Waals surface area (Å²) in [7, 11) is -7.52. The van der Waals surface area contributed by atoms with Gasteiger partial charge in [-0.1, -0.05) is 56.7 Å². The highest BCUT2D eigenvalue weighted by atomic mass is 32.2. The van der Waals surface area contributed by atoms with Crippen LogP contribution in [0.2, 0.25) is 0 Å². The highest BCUT2D eigenvalue weighted by Crippen LogP contribution is 2.54. The molecule has 1 unspecified atom stereocenters. The van der Waals surface area contributed by atoms with E-state index < -0.39 is 39.2 Å². The van der Waals surface area contributed by atoms with E-state index in [2.05, 4.69) is 98.8 Å². The van der Waals surface area contributed by atoms with Gasteiger partial charge in [0.15, 0.2) is 30.6 Å². The van der Waals surface area contributed by atoms with Crippen molar-refractivity contribution in [1.29, 1.82) is 0 Å². The number of ether oxygens (including phenoxy) is 2. The normalized spacial score (nSPS) is 19.9. The smallest absolute Gasteiger partial charge is 0.460 e. The molecule has 50 heavy (non-hydrogen) atoms. The summed E-state index contributed by atoms with van der Waals surface area (Å²) in [6, 6.07) is 30.9. The van der Waals surface area contributed by atoms with E-state index in [1.807, 2.05) is 11.8 Å². The van der Waals surface area contributed by atoms with Crippen LogP contribution in [0.1, 0.15) is 39.5 Å². The molecule has 3 aromatic rings. The van der Waals surface area contributed by atoms with Crippen molar-refractivity contribution in [2.45, 2.75) is 93.4 Å². The summed E-state index contributed by atoms with van der Waals surface area (Å²) < 4.78 is 148. The molecule has 2 aliphatic rings. The van der Waals surface area contributed by atoms with Crippen molar-refractivity contribution in [3.05, 3.63) is 84.9 Å².